The van der Waals surface area contributed by atoms with E-state index in [1.165, 1.54) is 10.4 Å². The molecule has 0 atom stereocenters. The number of rotatable bonds is 5. The highest BCUT2D eigenvalue weighted by molar-refractivity contribution is 7.89. The minimum absolute atomic E-state index is 0.270. The molecule has 1 aromatic carbocycles. The van der Waals surface area contributed by atoms with Crippen molar-refractivity contribution in [3.63, 3.8) is 0 Å². The number of sulfonamides is 1. The van der Waals surface area contributed by atoms with Crippen LogP contribution in [0.1, 0.15) is 25.8 Å². The number of benzene rings is 1. The Kier molecular flexibility index (Phi) is 4.76. The van der Waals surface area contributed by atoms with Crippen molar-refractivity contribution < 1.29 is 8.42 Å². The third-order valence-electron chi connectivity index (χ3n) is 2.80. The molecular formula is C13H22N2O2S. The Hall–Kier alpha value is -1.07. The normalized spacial score (nSPS) is 12.3. The summed E-state index contributed by atoms with van der Waals surface area (Å²) in [4.78, 5) is 0.270. The van der Waals surface area contributed by atoms with Gasteiger partial charge in [-0.25, -0.2) is 12.7 Å². The Labute approximate surface area is 110 Å². The fourth-order valence-corrected chi connectivity index (χ4v) is 2.99. The van der Waals surface area contributed by atoms with E-state index in [4.69, 9.17) is 5.73 Å². The fraction of sp³-hybridized carbons (Fsp3) is 0.538. The van der Waals surface area contributed by atoms with Crippen molar-refractivity contribution in [3.05, 3.63) is 23.8 Å². The summed E-state index contributed by atoms with van der Waals surface area (Å²) in [5.74, 6) is 0.477. The van der Waals surface area contributed by atoms with Crippen molar-refractivity contribution in [3.8, 4) is 0 Å². The zero-order chi connectivity index (χ0) is 13.9. The summed E-state index contributed by atoms with van der Waals surface area (Å²) in [7, 11) is -1.82. The van der Waals surface area contributed by atoms with E-state index in [-0.39, 0.29) is 4.90 Å². The molecule has 0 fully saturated rings. The van der Waals surface area contributed by atoms with Gasteiger partial charge in [-0.1, -0.05) is 13.8 Å². The van der Waals surface area contributed by atoms with Crippen molar-refractivity contribution in [2.45, 2.75) is 32.1 Å². The Morgan fingerprint density at radius 2 is 1.89 bits per heavy atom. The summed E-state index contributed by atoms with van der Waals surface area (Å²) in [5.41, 5.74) is 7.03. The molecule has 0 radical (unpaired) electrons. The Morgan fingerprint density at radius 1 is 1.28 bits per heavy atom. The van der Waals surface area contributed by atoms with E-state index in [2.05, 4.69) is 13.8 Å². The number of nitrogens with two attached hydrogens (primary N) is 1. The van der Waals surface area contributed by atoms with Gasteiger partial charge in [0.25, 0.3) is 0 Å². The van der Waals surface area contributed by atoms with Crippen LogP contribution in [0.3, 0.4) is 0 Å². The molecule has 0 aliphatic carbocycles. The average molecular weight is 270 g/mol. The smallest absolute Gasteiger partial charge is 0.242 e. The minimum Gasteiger partial charge on any atom is -0.399 e. The number of hydrogen-bond donors (Lipinski definition) is 1. The van der Waals surface area contributed by atoms with E-state index in [1.807, 2.05) is 6.92 Å². The van der Waals surface area contributed by atoms with Crippen molar-refractivity contribution in [2.24, 2.45) is 5.92 Å². The third kappa shape index (κ3) is 3.71. The van der Waals surface area contributed by atoms with Crippen molar-refractivity contribution in [1.82, 2.24) is 4.31 Å². The lowest BCUT2D eigenvalue weighted by Gasteiger charge is -2.18. The second-order valence-corrected chi connectivity index (χ2v) is 7.13. The second-order valence-electron chi connectivity index (χ2n) is 5.09. The highest BCUT2D eigenvalue weighted by Gasteiger charge is 2.21. The van der Waals surface area contributed by atoms with Crippen molar-refractivity contribution in [1.29, 1.82) is 0 Å². The molecule has 0 bridgehead atoms. The number of anilines is 1. The molecule has 0 aliphatic rings. The van der Waals surface area contributed by atoms with Gasteiger partial charge in [-0.15, -0.1) is 0 Å². The van der Waals surface area contributed by atoms with Crippen molar-refractivity contribution >= 4 is 15.7 Å². The van der Waals surface area contributed by atoms with Gasteiger partial charge in [-0.3, -0.25) is 0 Å². The summed E-state index contributed by atoms with van der Waals surface area (Å²) < 4.78 is 26.0. The maximum absolute atomic E-state index is 12.3. The summed E-state index contributed by atoms with van der Waals surface area (Å²) >= 11 is 0. The Bertz CT molecular complexity index is 489. The number of nitrogen functional groups attached to an aromatic ring is 1. The highest BCUT2D eigenvalue weighted by atomic mass is 32.2. The maximum Gasteiger partial charge on any atom is 0.242 e. The Balaban J connectivity index is 2.98. The molecule has 2 N–H and O–H groups in total. The summed E-state index contributed by atoms with van der Waals surface area (Å²) in [5, 5.41) is 0. The quantitative estimate of drug-likeness (QED) is 0.835. The molecule has 0 unspecified atom stereocenters. The van der Waals surface area contributed by atoms with Crippen LogP contribution in [0.15, 0.2) is 23.1 Å². The molecule has 0 saturated carbocycles. The number of hydrogen-bond acceptors (Lipinski definition) is 3. The molecule has 0 spiro atoms. The van der Waals surface area contributed by atoms with E-state index < -0.39 is 10.0 Å². The number of aryl methyl sites for hydroxylation is 1. The molecule has 0 aliphatic heterocycles. The second kappa shape index (κ2) is 5.71. The lowest BCUT2D eigenvalue weighted by molar-refractivity contribution is 0.428. The molecule has 0 saturated heterocycles. The molecule has 4 nitrogen and oxygen atoms in total. The molecule has 0 amide bonds. The monoisotopic (exact) mass is 270 g/mol. The van der Waals surface area contributed by atoms with Crippen LogP contribution in [-0.4, -0.2) is 26.3 Å². The van der Waals surface area contributed by atoms with Crippen LogP contribution in [0.5, 0.6) is 0 Å². The van der Waals surface area contributed by atoms with E-state index in [1.54, 1.807) is 19.2 Å². The van der Waals surface area contributed by atoms with Crippen molar-refractivity contribution in [2.75, 3.05) is 19.3 Å². The fourth-order valence-electron chi connectivity index (χ4n) is 1.67. The first-order valence-electron chi connectivity index (χ1n) is 6.07. The SMILES string of the molecule is Cc1cc(N)cc(S(=O)(=O)N(C)CCC(C)C)c1. The van der Waals surface area contributed by atoms with Crippen LogP contribution in [-0.2, 0) is 10.0 Å². The first-order valence-corrected chi connectivity index (χ1v) is 7.51. The minimum atomic E-state index is -3.43. The van der Waals surface area contributed by atoms with Crippen LogP contribution in [0.4, 0.5) is 5.69 Å². The predicted molar refractivity (Wildman–Crippen MR) is 74.9 cm³/mol. The van der Waals surface area contributed by atoms with Crippen LogP contribution in [0.2, 0.25) is 0 Å². The molecule has 18 heavy (non-hydrogen) atoms. The largest absolute Gasteiger partial charge is 0.399 e. The topological polar surface area (TPSA) is 63.4 Å². The van der Waals surface area contributed by atoms with Gasteiger partial charge in [-0.05, 0) is 43.0 Å². The van der Waals surface area contributed by atoms with Gasteiger partial charge in [0.05, 0.1) is 4.90 Å². The lowest BCUT2D eigenvalue weighted by atomic mass is 10.1. The van der Waals surface area contributed by atoms with Crippen LogP contribution in [0, 0.1) is 12.8 Å². The predicted octanol–water partition coefficient (Wildman–Crippen LogP) is 2.24. The van der Waals surface area contributed by atoms with Gasteiger partial charge in [0.15, 0.2) is 0 Å². The van der Waals surface area contributed by atoms with Crippen LogP contribution in [0.25, 0.3) is 0 Å². The van der Waals surface area contributed by atoms with Gasteiger partial charge in [0.2, 0.25) is 10.0 Å². The standard InChI is InChI=1S/C13H22N2O2S/c1-10(2)5-6-15(4)18(16,17)13-8-11(3)7-12(14)9-13/h7-10H,5-6,14H2,1-4H3. The average Bonchev–Trinajstić information content (AvgIpc) is 2.24. The van der Waals surface area contributed by atoms with Gasteiger partial charge < -0.3 is 5.73 Å². The first-order chi connectivity index (χ1) is 8.23. The maximum atomic E-state index is 12.3. The molecule has 0 heterocycles. The Morgan fingerprint density at radius 3 is 2.39 bits per heavy atom. The molecule has 0 aromatic heterocycles. The molecule has 102 valence electrons. The van der Waals surface area contributed by atoms with Gasteiger partial charge >= 0.3 is 0 Å². The highest BCUT2D eigenvalue weighted by Crippen LogP contribution is 2.20. The number of nitrogens with zero attached hydrogens (tertiary/aromatic N) is 1. The molecular weight excluding hydrogens is 248 g/mol. The summed E-state index contributed by atoms with van der Waals surface area (Å²) in [6.07, 6.45) is 0.844. The lowest BCUT2D eigenvalue weighted by Crippen LogP contribution is -2.28. The van der Waals surface area contributed by atoms with Gasteiger partial charge in [-0.2, -0.15) is 0 Å². The van der Waals surface area contributed by atoms with Crippen LogP contribution >= 0.6 is 0 Å². The zero-order valence-electron chi connectivity index (χ0n) is 11.5. The molecule has 1 rings (SSSR count). The van der Waals surface area contributed by atoms with E-state index in [0.29, 0.717) is 18.2 Å². The van der Waals surface area contributed by atoms with Crippen LogP contribution < -0.4 is 5.73 Å². The summed E-state index contributed by atoms with van der Waals surface area (Å²) in [6, 6.07) is 4.92. The van der Waals surface area contributed by atoms with Gasteiger partial charge in [0, 0.05) is 19.3 Å². The van der Waals surface area contributed by atoms with E-state index in [9.17, 15) is 8.42 Å². The van der Waals surface area contributed by atoms with Gasteiger partial charge in [0.1, 0.15) is 0 Å². The van der Waals surface area contributed by atoms with E-state index >= 15 is 0 Å². The molecule has 5 heteroatoms. The molecule has 1 aromatic rings. The first kappa shape index (κ1) is 15.0. The van der Waals surface area contributed by atoms with E-state index in [0.717, 1.165) is 12.0 Å². The zero-order valence-corrected chi connectivity index (χ0v) is 12.3. The third-order valence-corrected chi connectivity index (χ3v) is 4.64. The summed E-state index contributed by atoms with van der Waals surface area (Å²) in [6.45, 7) is 6.51.